The number of carbonyl (C=O) groups excluding carboxylic acids is 1. The van der Waals surface area contributed by atoms with Crippen molar-refractivity contribution in [3.8, 4) is 0 Å². The SMILES string of the molecule is CN(C)C(C(=O)N1C[C@@H]2CCC[C@@]2(C(=O)O)C1)c1c(F)cccc1Cl. The van der Waals surface area contributed by atoms with E-state index in [9.17, 15) is 19.1 Å². The smallest absolute Gasteiger partial charge is 0.311 e. The number of carboxylic acids is 1. The van der Waals surface area contributed by atoms with Crippen molar-refractivity contribution in [2.24, 2.45) is 11.3 Å². The molecule has 1 aromatic rings. The number of rotatable bonds is 4. The standard InChI is InChI=1S/C18H22ClFN2O3/c1-21(2)15(14-12(19)6-3-7-13(14)20)16(23)22-9-11-5-4-8-18(11,10-22)17(24)25/h3,6-7,11,15H,4-5,8-10H2,1-2H3,(H,24,25)/t11-,15?,18+/m0/s1. The molecule has 1 N–H and O–H groups in total. The number of fused-ring (bicyclic) bond motifs is 1. The first kappa shape index (κ1) is 18.1. The Morgan fingerprint density at radius 2 is 2.16 bits per heavy atom. The van der Waals surface area contributed by atoms with Crippen molar-refractivity contribution >= 4 is 23.5 Å². The van der Waals surface area contributed by atoms with Crippen LogP contribution in [0.4, 0.5) is 4.39 Å². The van der Waals surface area contributed by atoms with Gasteiger partial charge in [-0.05, 0) is 45.0 Å². The number of benzene rings is 1. The Hall–Kier alpha value is -1.66. The number of likely N-dealkylation sites (tertiary alicyclic amines) is 1. The highest BCUT2D eigenvalue weighted by atomic mass is 35.5. The van der Waals surface area contributed by atoms with Crippen molar-refractivity contribution < 1.29 is 19.1 Å². The summed E-state index contributed by atoms with van der Waals surface area (Å²) in [6.45, 7) is 0.587. The van der Waals surface area contributed by atoms with Gasteiger partial charge in [-0.3, -0.25) is 14.5 Å². The summed E-state index contributed by atoms with van der Waals surface area (Å²) in [7, 11) is 3.38. The molecule has 2 aliphatic rings. The zero-order valence-corrected chi connectivity index (χ0v) is 15.1. The maximum Gasteiger partial charge on any atom is 0.311 e. The number of aliphatic carboxylic acids is 1. The Kier molecular flexibility index (Phi) is 4.77. The molecule has 1 aromatic carbocycles. The number of carbonyl (C=O) groups is 2. The lowest BCUT2D eigenvalue weighted by atomic mass is 9.81. The molecule has 0 aromatic heterocycles. The van der Waals surface area contributed by atoms with E-state index in [-0.39, 0.29) is 29.0 Å². The number of carboxylic acid groups (broad SMARTS) is 1. The van der Waals surface area contributed by atoms with Crippen LogP contribution in [0.2, 0.25) is 5.02 Å². The number of halogens is 2. The van der Waals surface area contributed by atoms with E-state index in [1.807, 2.05) is 0 Å². The van der Waals surface area contributed by atoms with Crippen molar-refractivity contribution in [3.05, 3.63) is 34.6 Å². The molecule has 1 amide bonds. The average molecular weight is 369 g/mol. The third-order valence-electron chi connectivity index (χ3n) is 5.63. The summed E-state index contributed by atoms with van der Waals surface area (Å²) >= 11 is 6.16. The third-order valence-corrected chi connectivity index (χ3v) is 5.96. The predicted molar refractivity (Wildman–Crippen MR) is 91.8 cm³/mol. The highest BCUT2D eigenvalue weighted by Gasteiger charge is 2.56. The first-order chi connectivity index (χ1) is 11.8. The number of likely N-dealkylation sites (N-methyl/N-ethyl adjacent to an activating group) is 1. The highest BCUT2D eigenvalue weighted by molar-refractivity contribution is 6.31. The van der Waals surface area contributed by atoms with E-state index in [1.54, 1.807) is 30.0 Å². The molecule has 25 heavy (non-hydrogen) atoms. The Labute approximate surface area is 151 Å². The van der Waals surface area contributed by atoms with Crippen LogP contribution in [-0.2, 0) is 9.59 Å². The summed E-state index contributed by atoms with van der Waals surface area (Å²) in [6.07, 6.45) is 2.27. The zero-order chi connectivity index (χ0) is 18.4. The fourth-order valence-electron chi connectivity index (χ4n) is 4.35. The Bertz CT molecular complexity index is 691. The largest absolute Gasteiger partial charge is 0.481 e. The Balaban J connectivity index is 1.92. The van der Waals surface area contributed by atoms with Crippen LogP contribution in [0.5, 0.6) is 0 Å². The first-order valence-electron chi connectivity index (χ1n) is 8.40. The van der Waals surface area contributed by atoms with Crippen molar-refractivity contribution in [2.75, 3.05) is 27.2 Å². The fourth-order valence-corrected chi connectivity index (χ4v) is 4.62. The van der Waals surface area contributed by atoms with E-state index >= 15 is 0 Å². The normalized spacial score (nSPS) is 26.8. The van der Waals surface area contributed by atoms with Crippen LogP contribution in [0, 0.1) is 17.2 Å². The van der Waals surface area contributed by atoms with Gasteiger partial charge in [-0.25, -0.2) is 4.39 Å². The van der Waals surface area contributed by atoms with E-state index in [2.05, 4.69) is 0 Å². The molecule has 0 spiro atoms. The van der Waals surface area contributed by atoms with Crippen LogP contribution >= 0.6 is 11.6 Å². The van der Waals surface area contributed by atoms with Gasteiger partial charge in [0.15, 0.2) is 0 Å². The van der Waals surface area contributed by atoms with Gasteiger partial charge in [0.25, 0.3) is 0 Å². The van der Waals surface area contributed by atoms with Gasteiger partial charge in [-0.15, -0.1) is 0 Å². The number of hydrogen-bond donors (Lipinski definition) is 1. The molecule has 1 heterocycles. The average Bonchev–Trinajstić information content (AvgIpc) is 3.08. The highest BCUT2D eigenvalue weighted by Crippen LogP contribution is 2.49. The first-order valence-corrected chi connectivity index (χ1v) is 8.78. The van der Waals surface area contributed by atoms with Gasteiger partial charge in [0.05, 0.1) is 5.41 Å². The fraction of sp³-hybridized carbons (Fsp3) is 0.556. The van der Waals surface area contributed by atoms with Gasteiger partial charge in [0.1, 0.15) is 11.9 Å². The van der Waals surface area contributed by atoms with E-state index in [4.69, 9.17) is 11.6 Å². The Morgan fingerprint density at radius 1 is 1.44 bits per heavy atom. The van der Waals surface area contributed by atoms with Crippen LogP contribution in [0.25, 0.3) is 0 Å². The van der Waals surface area contributed by atoms with E-state index in [1.165, 1.54) is 12.1 Å². The van der Waals surface area contributed by atoms with Crippen LogP contribution in [0.15, 0.2) is 18.2 Å². The lowest BCUT2D eigenvalue weighted by Gasteiger charge is -2.30. The summed E-state index contributed by atoms with van der Waals surface area (Å²) in [5.74, 6) is -1.71. The number of nitrogens with zero attached hydrogens (tertiary/aromatic N) is 2. The third kappa shape index (κ3) is 2.91. The molecule has 1 aliphatic carbocycles. The maximum atomic E-state index is 14.4. The van der Waals surface area contributed by atoms with Crippen LogP contribution in [0.3, 0.4) is 0 Å². The zero-order valence-electron chi connectivity index (χ0n) is 14.3. The molecule has 1 saturated carbocycles. The molecular formula is C18H22ClFN2O3. The molecule has 3 atom stereocenters. The number of hydrogen-bond acceptors (Lipinski definition) is 3. The summed E-state index contributed by atoms with van der Waals surface area (Å²) in [5.41, 5.74) is -0.716. The molecule has 1 saturated heterocycles. The van der Waals surface area contributed by atoms with E-state index in [0.29, 0.717) is 13.0 Å². The molecule has 7 heteroatoms. The molecule has 2 fully saturated rings. The summed E-state index contributed by atoms with van der Waals surface area (Å²) < 4.78 is 14.4. The molecule has 1 unspecified atom stereocenters. The Morgan fingerprint density at radius 3 is 2.72 bits per heavy atom. The topological polar surface area (TPSA) is 60.9 Å². The summed E-state index contributed by atoms with van der Waals surface area (Å²) in [4.78, 5) is 28.2. The summed E-state index contributed by atoms with van der Waals surface area (Å²) in [5, 5.41) is 9.89. The lowest BCUT2D eigenvalue weighted by molar-refractivity contribution is -0.149. The second-order valence-corrected chi connectivity index (χ2v) is 7.68. The molecule has 1 aliphatic heterocycles. The minimum atomic E-state index is -0.877. The van der Waals surface area contributed by atoms with E-state index < -0.39 is 23.2 Å². The second-order valence-electron chi connectivity index (χ2n) is 7.27. The minimum Gasteiger partial charge on any atom is -0.481 e. The minimum absolute atomic E-state index is 0.0344. The lowest BCUT2D eigenvalue weighted by Crippen LogP contribution is -2.42. The van der Waals surface area contributed by atoms with Crippen molar-refractivity contribution in [2.45, 2.75) is 25.3 Å². The molecule has 0 bridgehead atoms. The summed E-state index contributed by atoms with van der Waals surface area (Å²) in [6, 6.07) is 3.46. The van der Waals surface area contributed by atoms with Gasteiger partial charge in [-0.1, -0.05) is 24.1 Å². The molecule has 0 radical (unpaired) electrons. The van der Waals surface area contributed by atoms with Gasteiger partial charge in [-0.2, -0.15) is 0 Å². The van der Waals surface area contributed by atoms with Gasteiger partial charge in [0, 0.05) is 23.7 Å². The van der Waals surface area contributed by atoms with Crippen molar-refractivity contribution in [1.29, 1.82) is 0 Å². The van der Waals surface area contributed by atoms with Crippen LogP contribution < -0.4 is 0 Å². The van der Waals surface area contributed by atoms with Gasteiger partial charge < -0.3 is 10.0 Å². The second kappa shape index (κ2) is 6.57. The molecular weight excluding hydrogens is 347 g/mol. The van der Waals surface area contributed by atoms with Crippen LogP contribution in [-0.4, -0.2) is 54.0 Å². The molecule has 3 rings (SSSR count). The predicted octanol–water partition coefficient (Wildman–Crippen LogP) is 2.80. The van der Waals surface area contributed by atoms with Crippen LogP contribution in [0.1, 0.15) is 30.9 Å². The molecule has 5 nitrogen and oxygen atoms in total. The monoisotopic (exact) mass is 368 g/mol. The van der Waals surface area contributed by atoms with Gasteiger partial charge >= 0.3 is 5.97 Å². The molecule has 136 valence electrons. The number of amides is 1. The van der Waals surface area contributed by atoms with Gasteiger partial charge in [0.2, 0.25) is 5.91 Å². The van der Waals surface area contributed by atoms with E-state index in [0.717, 1.165) is 12.8 Å². The van der Waals surface area contributed by atoms with Crippen molar-refractivity contribution in [3.63, 3.8) is 0 Å². The quantitative estimate of drug-likeness (QED) is 0.887. The maximum absolute atomic E-state index is 14.4. The van der Waals surface area contributed by atoms with Crippen molar-refractivity contribution in [1.82, 2.24) is 9.80 Å².